The third-order valence-corrected chi connectivity index (χ3v) is 8.33. The van der Waals surface area contributed by atoms with Crippen molar-refractivity contribution in [2.24, 2.45) is 0 Å². The summed E-state index contributed by atoms with van der Waals surface area (Å²) in [6.45, 7) is 3.84. The van der Waals surface area contributed by atoms with Crippen molar-refractivity contribution in [1.82, 2.24) is 0 Å². The summed E-state index contributed by atoms with van der Waals surface area (Å²) in [6.07, 6.45) is 11.3. The van der Waals surface area contributed by atoms with Crippen molar-refractivity contribution in [3.8, 4) is 0 Å². The molecule has 0 atom stereocenters. The summed E-state index contributed by atoms with van der Waals surface area (Å²) in [4.78, 5) is 11.3. The zero-order chi connectivity index (χ0) is 17.4. The van der Waals surface area contributed by atoms with E-state index >= 15 is 0 Å². The summed E-state index contributed by atoms with van der Waals surface area (Å²) in [7, 11) is 5.04. The van der Waals surface area contributed by atoms with Crippen LogP contribution >= 0.6 is 0 Å². The van der Waals surface area contributed by atoms with Crippen molar-refractivity contribution in [3.63, 3.8) is 0 Å². The van der Waals surface area contributed by atoms with E-state index in [1.807, 2.05) is 0 Å². The molecule has 0 aromatic heterocycles. The molecule has 0 rings (SSSR count). The molecule has 0 saturated carbocycles. The van der Waals surface area contributed by atoms with E-state index in [-0.39, 0.29) is 5.97 Å². The van der Waals surface area contributed by atoms with Crippen LogP contribution in [0.15, 0.2) is 12.7 Å². The zero-order valence-corrected chi connectivity index (χ0v) is 16.7. The Hall–Kier alpha value is -0.196. The third-order valence-electron chi connectivity index (χ3n) is 3.91. The van der Waals surface area contributed by atoms with Gasteiger partial charge in [-0.05, 0) is 0 Å². The molecule has 0 spiro atoms. The molecule has 0 aliphatic heterocycles. The molecule has 0 aliphatic rings. The van der Waals surface area contributed by atoms with E-state index in [1.165, 1.54) is 32.1 Å². The number of hydrogen-bond donors (Lipinski definition) is 0. The van der Waals surface area contributed by atoms with Gasteiger partial charge in [0.25, 0.3) is 0 Å². The molecule has 0 aromatic rings. The van der Waals surface area contributed by atoms with Crippen LogP contribution in [0.3, 0.4) is 0 Å². The molecule has 0 N–H and O–H groups in total. The number of hydrogen-bond acceptors (Lipinski definition) is 5. The Morgan fingerprint density at radius 1 is 0.870 bits per heavy atom. The van der Waals surface area contributed by atoms with Gasteiger partial charge in [-0.15, -0.1) is 0 Å². The number of carbonyl (C=O) groups is 1. The van der Waals surface area contributed by atoms with Crippen molar-refractivity contribution >= 4 is 5.97 Å². The van der Waals surface area contributed by atoms with Crippen LogP contribution in [0.5, 0.6) is 0 Å². The van der Waals surface area contributed by atoms with Crippen LogP contribution in [0, 0.1) is 0 Å². The Balaban J connectivity index is 3.40. The zero-order valence-electron chi connectivity index (χ0n) is 15.1. The average molecular weight is 366 g/mol. The molecule has 0 aliphatic carbocycles. The van der Waals surface area contributed by atoms with Gasteiger partial charge in [-0.3, -0.25) is 0 Å². The Labute approximate surface area is 146 Å². The van der Waals surface area contributed by atoms with Crippen molar-refractivity contribution < 1.29 is 37.2 Å². The topological polar surface area (TPSA) is 54.0 Å². The van der Waals surface area contributed by atoms with E-state index in [1.54, 1.807) is 27.4 Å². The first-order chi connectivity index (χ1) is 11.1. The summed E-state index contributed by atoms with van der Waals surface area (Å²) in [5, 5.41) is 0. The fraction of sp³-hybridized carbons (Fsp3) is 0.824. The monoisotopic (exact) mass is 366 g/mol. The Morgan fingerprint density at radius 2 is 1.35 bits per heavy atom. The second kappa shape index (κ2) is 15.3. The van der Waals surface area contributed by atoms with Crippen LogP contribution in [0.4, 0.5) is 0 Å². The number of rotatable bonds is 16. The van der Waals surface area contributed by atoms with Gasteiger partial charge in [-0.1, -0.05) is 12.7 Å². The van der Waals surface area contributed by atoms with E-state index < -0.39 is 17.8 Å². The predicted octanol–water partition coefficient (Wildman–Crippen LogP) is 4.48. The summed E-state index contributed by atoms with van der Waals surface area (Å²) in [6, 6.07) is 0. The Morgan fingerprint density at radius 3 is 1.83 bits per heavy atom. The molecule has 0 unspecified atom stereocenters. The predicted molar refractivity (Wildman–Crippen MR) is 88.5 cm³/mol. The molecular weight excluding hydrogens is 332 g/mol. The van der Waals surface area contributed by atoms with Gasteiger partial charge in [0.15, 0.2) is 0 Å². The van der Waals surface area contributed by atoms with Crippen LogP contribution in [-0.2, 0) is 37.2 Å². The molecule has 23 heavy (non-hydrogen) atoms. The van der Waals surface area contributed by atoms with E-state index in [0.29, 0.717) is 13.0 Å². The molecule has 0 aromatic carbocycles. The fourth-order valence-electron chi connectivity index (χ4n) is 2.45. The minimum absolute atomic E-state index is 0.117. The maximum atomic E-state index is 11.3. The molecule has 0 radical (unpaired) electrons. The van der Waals surface area contributed by atoms with E-state index in [2.05, 4.69) is 6.58 Å². The quantitative estimate of drug-likeness (QED) is 0.174. The van der Waals surface area contributed by atoms with Crippen LogP contribution < -0.4 is 0 Å². The minimum atomic E-state index is -2.89. The van der Waals surface area contributed by atoms with Gasteiger partial charge in [0.2, 0.25) is 0 Å². The Kier molecular flexibility index (Phi) is 15.2. The van der Waals surface area contributed by atoms with Crippen molar-refractivity contribution in [2.45, 2.75) is 62.5 Å². The van der Waals surface area contributed by atoms with Crippen LogP contribution in [0.2, 0.25) is 4.73 Å². The van der Waals surface area contributed by atoms with Gasteiger partial charge in [-0.25, -0.2) is 0 Å². The average Bonchev–Trinajstić information content (AvgIpc) is 2.58. The molecule has 0 saturated heterocycles. The van der Waals surface area contributed by atoms with Gasteiger partial charge < -0.3 is 0 Å². The van der Waals surface area contributed by atoms with Crippen molar-refractivity contribution in [2.75, 3.05) is 27.9 Å². The second-order valence-corrected chi connectivity index (χ2v) is 10.4. The summed E-state index contributed by atoms with van der Waals surface area (Å²) >= 11 is -2.89. The molecule has 0 fully saturated rings. The summed E-state index contributed by atoms with van der Waals surface area (Å²) in [5.74, 6) is -0.117. The SMILES string of the molecule is C=CCOC(=O)CCCCCCCCC[CH2][Ti]([O]C)([O]C)[O]C. The normalized spacial score (nSPS) is 11.4. The van der Waals surface area contributed by atoms with Crippen LogP contribution in [0.1, 0.15) is 57.8 Å². The first kappa shape index (κ1) is 22.8. The molecule has 5 nitrogen and oxygen atoms in total. The number of unbranched alkanes of at least 4 members (excludes halogenated alkanes) is 7. The third kappa shape index (κ3) is 11.9. The van der Waals surface area contributed by atoms with Gasteiger partial charge in [0.1, 0.15) is 6.61 Å². The molecule has 0 bridgehead atoms. The molecule has 136 valence electrons. The van der Waals surface area contributed by atoms with E-state index in [4.69, 9.17) is 14.7 Å². The molecule has 6 heteroatoms. The van der Waals surface area contributed by atoms with Gasteiger partial charge in [0.05, 0.1) is 0 Å². The van der Waals surface area contributed by atoms with Crippen molar-refractivity contribution in [3.05, 3.63) is 12.7 Å². The van der Waals surface area contributed by atoms with Crippen LogP contribution in [-0.4, -0.2) is 33.9 Å². The first-order valence-electron chi connectivity index (χ1n) is 8.56. The molecular formula is C17H34O5Ti. The fourth-order valence-corrected chi connectivity index (χ4v) is 5.26. The Bertz CT molecular complexity index is 297. The standard InChI is InChI=1S/C14H25O2.3CH3O.Ti/c1-3-5-6-7-8-9-10-11-12-14(15)16-13-4-2;3*1-2;/h4H,1-3,5-13H2;3*1H3;/q;3*-1;+3. The van der Waals surface area contributed by atoms with Crippen LogP contribution in [0.25, 0.3) is 0 Å². The number of esters is 1. The van der Waals surface area contributed by atoms with E-state index in [9.17, 15) is 4.79 Å². The number of ether oxygens (including phenoxy) is 1. The van der Waals surface area contributed by atoms with E-state index in [0.717, 1.165) is 24.0 Å². The van der Waals surface area contributed by atoms with Gasteiger partial charge >= 0.3 is 127 Å². The molecule has 0 heterocycles. The summed E-state index contributed by atoms with van der Waals surface area (Å²) in [5.41, 5.74) is 0. The first-order valence-corrected chi connectivity index (χ1v) is 11.6. The van der Waals surface area contributed by atoms with Gasteiger partial charge in [-0.2, -0.15) is 0 Å². The molecule has 0 amide bonds. The summed E-state index contributed by atoms with van der Waals surface area (Å²) < 4.78 is 22.2. The second-order valence-electron chi connectivity index (χ2n) is 5.60. The van der Waals surface area contributed by atoms with Gasteiger partial charge in [0, 0.05) is 0 Å². The van der Waals surface area contributed by atoms with Crippen molar-refractivity contribution in [1.29, 1.82) is 0 Å². The maximum absolute atomic E-state index is 11.3. The number of carbonyl (C=O) groups excluding carboxylic acids is 1.